The molecule has 1 atom stereocenters. The first-order valence-corrected chi connectivity index (χ1v) is 11.4. The van der Waals surface area contributed by atoms with Crippen LogP contribution in [0.3, 0.4) is 0 Å². The van der Waals surface area contributed by atoms with Gasteiger partial charge in [0.2, 0.25) is 0 Å². The van der Waals surface area contributed by atoms with Crippen molar-refractivity contribution in [3.05, 3.63) is 85.1 Å². The molecular formula is C26H26ClN3O4. The van der Waals surface area contributed by atoms with Crippen molar-refractivity contribution in [1.29, 1.82) is 0 Å². The van der Waals surface area contributed by atoms with Crippen LogP contribution in [0.15, 0.2) is 52.1 Å². The van der Waals surface area contributed by atoms with Gasteiger partial charge in [-0.1, -0.05) is 35.4 Å². The maximum atomic E-state index is 13.6. The minimum absolute atomic E-state index is 0.0287. The van der Waals surface area contributed by atoms with E-state index in [1.807, 2.05) is 45.0 Å². The normalized spacial score (nSPS) is 17.2. The lowest BCUT2D eigenvalue weighted by molar-refractivity contribution is -0.00798. The predicted molar refractivity (Wildman–Crippen MR) is 133 cm³/mol. The maximum Gasteiger partial charge on any atom is 0.331 e. The van der Waals surface area contributed by atoms with E-state index < -0.39 is 17.3 Å². The van der Waals surface area contributed by atoms with Crippen LogP contribution in [0, 0.1) is 6.92 Å². The molecule has 0 saturated heterocycles. The Kier molecular flexibility index (Phi) is 5.04. The summed E-state index contributed by atoms with van der Waals surface area (Å²) < 4.78 is 11.0. The molecule has 0 bridgehead atoms. The van der Waals surface area contributed by atoms with Crippen molar-refractivity contribution in [2.75, 3.05) is 6.61 Å². The summed E-state index contributed by atoms with van der Waals surface area (Å²) >= 11 is 6.28. The molecule has 176 valence electrons. The summed E-state index contributed by atoms with van der Waals surface area (Å²) in [7, 11) is 3.14. The molecule has 0 amide bonds. The fraction of sp³-hybridized carbons (Fsp3) is 0.308. The van der Waals surface area contributed by atoms with E-state index in [9.17, 15) is 14.7 Å². The fourth-order valence-electron chi connectivity index (χ4n) is 5.03. The van der Waals surface area contributed by atoms with Crippen molar-refractivity contribution in [3.63, 3.8) is 0 Å². The molecule has 0 fully saturated rings. The molecule has 0 aliphatic carbocycles. The van der Waals surface area contributed by atoms with Gasteiger partial charge in [-0.3, -0.25) is 13.9 Å². The van der Waals surface area contributed by atoms with Crippen LogP contribution >= 0.6 is 11.6 Å². The van der Waals surface area contributed by atoms with E-state index in [4.69, 9.17) is 16.3 Å². The number of nitrogens with zero attached hydrogens (tertiary/aromatic N) is 3. The fourth-order valence-corrected chi connectivity index (χ4v) is 5.22. The number of ether oxygens (including phenoxy) is 1. The molecule has 8 heteroatoms. The second-order valence-corrected chi connectivity index (χ2v) is 10.0. The molecule has 7 nitrogen and oxygen atoms in total. The summed E-state index contributed by atoms with van der Waals surface area (Å²) in [5.74, 6) is 0.0287. The summed E-state index contributed by atoms with van der Waals surface area (Å²) in [5, 5.41) is 11.6. The Labute approximate surface area is 201 Å². The molecule has 1 aliphatic heterocycles. The lowest BCUT2D eigenvalue weighted by Crippen LogP contribution is -2.40. The van der Waals surface area contributed by atoms with Gasteiger partial charge in [0.05, 0.1) is 34.4 Å². The van der Waals surface area contributed by atoms with Crippen molar-refractivity contribution >= 4 is 22.5 Å². The van der Waals surface area contributed by atoms with Gasteiger partial charge in [-0.25, -0.2) is 4.79 Å². The van der Waals surface area contributed by atoms with Crippen LogP contribution < -0.4 is 11.2 Å². The van der Waals surface area contributed by atoms with E-state index in [1.54, 1.807) is 19.2 Å². The molecule has 2 aromatic heterocycles. The van der Waals surface area contributed by atoms with Crippen molar-refractivity contribution in [3.8, 4) is 17.0 Å². The molecule has 34 heavy (non-hydrogen) atoms. The van der Waals surface area contributed by atoms with Crippen LogP contribution in [0.1, 0.15) is 36.8 Å². The van der Waals surface area contributed by atoms with Gasteiger partial charge in [-0.15, -0.1) is 0 Å². The first kappa shape index (κ1) is 22.5. The van der Waals surface area contributed by atoms with Gasteiger partial charge in [0.1, 0.15) is 11.9 Å². The molecule has 1 N–H and O–H groups in total. The van der Waals surface area contributed by atoms with Crippen molar-refractivity contribution in [2.45, 2.75) is 32.4 Å². The summed E-state index contributed by atoms with van der Waals surface area (Å²) in [6, 6.07) is 12.7. The van der Waals surface area contributed by atoms with Gasteiger partial charge in [-0.2, -0.15) is 0 Å². The van der Waals surface area contributed by atoms with Crippen molar-refractivity contribution in [2.24, 2.45) is 14.1 Å². The lowest BCUT2D eigenvalue weighted by Gasteiger charge is -2.39. The molecule has 0 unspecified atom stereocenters. The van der Waals surface area contributed by atoms with Crippen molar-refractivity contribution in [1.82, 2.24) is 13.7 Å². The third-order valence-electron chi connectivity index (χ3n) is 6.63. The molecule has 2 aromatic carbocycles. The van der Waals surface area contributed by atoms with E-state index in [-0.39, 0.29) is 11.3 Å². The van der Waals surface area contributed by atoms with E-state index >= 15 is 0 Å². The molecule has 4 aromatic rings. The summed E-state index contributed by atoms with van der Waals surface area (Å²) in [5.41, 5.74) is 2.91. The summed E-state index contributed by atoms with van der Waals surface area (Å²) in [6.07, 6.45) is -0.731. The largest absolute Gasteiger partial charge is 0.508 e. The Morgan fingerprint density at radius 2 is 1.82 bits per heavy atom. The van der Waals surface area contributed by atoms with Gasteiger partial charge < -0.3 is 14.4 Å². The molecule has 0 saturated carbocycles. The van der Waals surface area contributed by atoms with Gasteiger partial charge in [-0.05, 0) is 50.6 Å². The number of fused-ring (bicyclic) bond motifs is 3. The zero-order chi connectivity index (χ0) is 24.5. The second-order valence-electron chi connectivity index (χ2n) is 9.57. The van der Waals surface area contributed by atoms with Gasteiger partial charge in [0.25, 0.3) is 5.56 Å². The number of aromatic nitrogens is 3. The summed E-state index contributed by atoms with van der Waals surface area (Å²) in [6.45, 7) is 6.39. The third-order valence-corrected chi connectivity index (χ3v) is 6.86. The van der Waals surface area contributed by atoms with Crippen LogP contribution in [-0.4, -0.2) is 25.4 Å². The zero-order valence-corrected chi connectivity index (χ0v) is 20.5. The molecule has 5 rings (SSSR count). The van der Waals surface area contributed by atoms with Crippen LogP contribution in [0.2, 0.25) is 5.02 Å². The molecular weight excluding hydrogens is 454 g/mol. The van der Waals surface area contributed by atoms with E-state index in [0.29, 0.717) is 33.8 Å². The number of hydrogen-bond acceptors (Lipinski definition) is 4. The number of aryl methyl sites for hydroxylation is 2. The van der Waals surface area contributed by atoms with Crippen LogP contribution in [0.4, 0.5) is 0 Å². The Morgan fingerprint density at radius 1 is 1.09 bits per heavy atom. The van der Waals surface area contributed by atoms with Crippen LogP contribution in [0.5, 0.6) is 5.75 Å². The Morgan fingerprint density at radius 3 is 2.53 bits per heavy atom. The quantitative estimate of drug-likeness (QED) is 0.466. The zero-order valence-electron chi connectivity index (χ0n) is 19.7. The smallest absolute Gasteiger partial charge is 0.331 e. The SMILES string of the molecule is Cc1cccc(-c2c3c(=O)n(C)c(=O)n(C)c3c3n2C(C)(C)CO[C@@H]3c2cc(Cl)ccc2O)c1. The minimum atomic E-state index is -0.731. The topological polar surface area (TPSA) is 78.4 Å². The first-order chi connectivity index (χ1) is 16.0. The third kappa shape index (κ3) is 3.15. The Bertz CT molecular complexity index is 1590. The number of halogens is 1. The molecule has 1 aliphatic rings. The Hall–Kier alpha value is -3.29. The molecule has 0 radical (unpaired) electrons. The minimum Gasteiger partial charge on any atom is -0.508 e. The van der Waals surface area contributed by atoms with Crippen LogP contribution in [0.25, 0.3) is 22.2 Å². The number of phenols is 1. The van der Waals surface area contributed by atoms with E-state index in [0.717, 1.165) is 21.4 Å². The Balaban J connectivity index is 2.04. The van der Waals surface area contributed by atoms with Gasteiger partial charge in [0.15, 0.2) is 0 Å². The maximum absolute atomic E-state index is 13.6. The highest BCUT2D eigenvalue weighted by Gasteiger charge is 2.41. The number of benzene rings is 2. The van der Waals surface area contributed by atoms with Gasteiger partial charge >= 0.3 is 5.69 Å². The first-order valence-electron chi connectivity index (χ1n) is 11.0. The highest BCUT2D eigenvalue weighted by atomic mass is 35.5. The van der Waals surface area contributed by atoms with Crippen molar-refractivity contribution < 1.29 is 9.84 Å². The van der Waals surface area contributed by atoms with E-state index in [1.165, 1.54) is 17.7 Å². The standard InChI is InChI=1S/C26H26ClN3O4/c1-14-7-6-8-15(11-14)20-19-21(28(4)25(33)29(5)24(19)32)22-23(34-13-26(2,3)30(20)22)17-12-16(27)9-10-18(17)31/h6-12,23,31H,13H2,1-5H3/t23-/m1/s1. The number of hydrogen-bond donors (Lipinski definition) is 1. The number of aromatic hydroxyl groups is 1. The lowest BCUT2D eigenvalue weighted by atomic mass is 9.97. The average Bonchev–Trinajstić information content (AvgIpc) is 3.16. The highest BCUT2D eigenvalue weighted by molar-refractivity contribution is 6.30. The second kappa shape index (κ2) is 7.61. The average molecular weight is 480 g/mol. The highest BCUT2D eigenvalue weighted by Crippen LogP contribution is 2.47. The van der Waals surface area contributed by atoms with E-state index in [2.05, 4.69) is 4.57 Å². The van der Waals surface area contributed by atoms with Crippen LogP contribution in [-0.2, 0) is 24.4 Å². The monoisotopic (exact) mass is 479 g/mol. The number of rotatable bonds is 2. The van der Waals surface area contributed by atoms with Gasteiger partial charge in [0, 0.05) is 24.7 Å². The predicted octanol–water partition coefficient (Wildman–Crippen LogP) is 4.23. The molecule has 0 spiro atoms. The summed E-state index contributed by atoms with van der Waals surface area (Å²) in [4.78, 5) is 26.6. The molecule has 3 heterocycles. The number of phenolic OH excluding ortho intramolecular Hbond substituents is 1.